The molecule has 2 aliphatic rings. The lowest BCUT2D eigenvalue weighted by Crippen LogP contribution is -2.12. The third-order valence-corrected chi connectivity index (χ3v) is 3.81. The van der Waals surface area contributed by atoms with E-state index >= 15 is 0 Å². The van der Waals surface area contributed by atoms with Crippen molar-refractivity contribution in [1.82, 2.24) is 0 Å². The fourth-order valence-electron chi connectivity index (χ4n) is 2.84. The van der Waals surface area contributed by atoms with E-state index in [4.69, 9.17) is 0 Å². The minimum absolute atomic E-state index is 0.188. The van der Waals surface area contributed by atoms with E-state index < -0.39 is 0 Å². The van der Waals surface area contributed by atoms with Gasteiger partial charge in [0, 0.05) is 5.92 Å². The number of rotatable bonds is 2. The van der Waals surface area contributed by atoms with E-state index in [2.05, 4.69) is 44.2 Å². The molecule has 0 aromatic carbocycles. The van der Waals surface area contributed by atoms with E-state index in [1.807, 2.05) is 0 Å². The van der Waals surface area contributed by atoms with Gasteiger partial charge in [0.15, 0.2) is 0 Å². The Morgan fingerprint density at radius 2 is 2.12 bits per heavy atom. The third-order valence-electron chi connectivity index (χ3n) is 3.81. The van der Waals surface area contributed by atoms with Gasteiger partial charge in [-0.3, -0.25) is 0 Å². The van der Waals surface area contributed by atoms with Crippen molar-refractivity contribution >= 4 is 0 Å². The van der Waals surface area contributed by atoms with Crippen LogP contribution in [0.25, 0.3) is 0 Å². The first-order valence-electron chi connectivity index (χ1n) is 6.44. The maximum Gasteiger partial charge on any atom is 0.0753 e. The Morgan fingerprint density at radius 1 is 1.38 bits per heavy atom. The van der Waals surface area contributed by atoms with Crippen LogP contribution in [0.15, 0.2) is 36.0 Å². The van der Waals surface area contributed by atoms with E-state index in [0.29, 0.717) is 17.8 Å². The summed E-state index contributed by atoms with van der Waals surface area (Å²) in [7, 11) is 0. The number of hydrogen-bond acceptors (Lipinski definition) is 1. The SMILES string of the molecule is CC[C@@H]1C=CC=CC1/C=C1\CC(C)CC1O. The first-order valence-corrected chi connectivity index (χ1v) is 6.44. The molecule has 0 aromatic rings. The van der Waals surface area contributed by atoms with Crippen molar-refractivity contribution in [1.29, 1.82) is 0 Å². The Hall–Kier alpha value is -0.820. The second-order valence-corrected chi connectivity index (χ2v) is 5.22. The molecule has 3 unspecified atom stereocenters. The smallest absolute Gasteiger partial charge is 0.0753 e. The Labute approximate surface area is 98.6 Å². The number of aliphatic hydroxyl groups excluding tert-OH is 1. The fourth-order valence-corrected chi connectivity index (χ4v) is 2.84. The monoisotopic (exact) mass is 218 g/mol. The highest BCUT2D eigenvalue weighted by molar-refractivity contribution is 5.24. The molecule has 2 rings (SSSR count). The third kappa shape index (κ3) is 2.46. The van der Waals surface area contributed by atoms with Gasteiger partial charge in [0.25, 0.3) is 0 Å². The van der Waals surface area contributed by atoms with Gasteiger partial charge in [0.2, 0.25) is 0 Å². The summed E-state index contributed by atoms with van der Waals surface area (Å²) in [5.41, 5.74) is 1.26. The second kappa shape index (κ2) is 5.01. The molecule has 0 radical (unpaired) electrons. The van der Waals surface area contributed by atoms with Gasteiger partial charge in [-0.1, -0.05) is 44.2 Å². The molecule has 0 amide bonds. The molecular weight excluding hydrogens is 196 g/mol. The maximum atomic E-state index is 9.94. The van der Waals surface area contributed by atoms with Crippen molar-refractivity contribution in [2.24, 2.45) is 17.8 Å². The highest BCUT2D eigenvalue weighted by Crippen LogP contribution is 2.33. The fraction of sp³-hybridized carbons (Fsp3) is 0.600. The second-order valence-electron chi connectivity index (χ2n) is 5.22. The summed E-state index contributed by atoms with van der Waals surface area (Å²) < 4.78 is 0. The first-order chi connectivity index (χ1) is 7.70. The van der Waals surface area contributed by atoms with Crippen LogP contribution in [-0.4, -0.2) is 11.2 Å². The van der Waals surface area contributed by atoms with Crippen LogP contribution in [-0.2, 0) is 0 Å². The van der Waals surface area contributed by atoms with Crippen molar-refractivity contribution < 1.29 is 5.11 Å². The van der Waals surface area contributed by atoms with E-state index in [-0.39, 0.29) is 6.10 Å². The summed E-state index contributed by atoms with van der Waals surface area (Å²) in [5, 5.41) is 9.94. The van der Waals surface area contributed by atoms with Crippen molar-refractivity contribution in [2.75, 3.05) is 0 Å². The largest absolute Gasteiger partial charge is 0.389 e. The van der Waals surface area contributed by atoms with Gasteiger partial charge in [-0.25, -0.2) is 0 Å². The summed E-state index contributed by atoms with van der Waals surface area (Å²) >= 11 is 0. The zero-order valence-corrected chi connectivity index (χ0v) is 10.3. The van der Waals surface area contributed by atoms with Crippen LogP contribution in [0.1, 0.15) is 33.1 Å². The lowest BCUT2D eigenvalue weighted by Gasteiger charge is -2.21. The average molecular weight is 218 g/mol. The van der Waals surface area contributed by atoms with Crippen LogP contribution in [0, 0.1) is 17.8 Å². The van der Waals surface area contributed by atoms with E-state index in [9.17, 15) is 5.11 Å². The van der Waals surface area contributed by atoms with Crippen LogP contribution in [0.4, 0.5) is 0 Å². The van der Waals surface area contributed by atoms with Gasteiger partial charge >= 0.3 is 0 Å². The normalized spacial score (nSPS) is 40.8. The average Bonchev–Trinajstić information content (AvgIpc) is 2.58. The van der Waals surface area contributed by atoms with Crippen LogP contribution in [0.3, 0.4) is 0 Å². The Morgan fingerprint density at radius 3 is 2.75 bits per heavy atom. The van der Waals surface area contributed by atoms with Crippen LogP contribution in [0.5, 0.6) is 0 Å². The molecule has 1 saturated carbocycles. The molecule has 0 saturated heterocycles. The molecule has 1 fully saturated rings. The van der Waals surface area contributed by atoms with Crippen molar-refractivity contribution in [3.8, 4) is 0 Å². The van der Waals surface area contributed by atoms with E-state index in [0.717, 1.165) is 12.8 Å². The molecular formula is C15H22O. The predicted molar refractivity (Wildman–Crippen MR) is 68.0 cm³/mol. The summed E-state index contributed by atoms with van der Waals surface area (Å²) in [6.07, 6.45) is 14.1. The van der Waals surface area contributed by atoms with Gasteiger partial charge in [-0.15, -0.1) is 0 Å². The quantitative estimate of drug-likeness (QED) is 0.704. The molecule has 0 heterocycles. The van der Waals surface area contributed by atoms with Gasteiger partial charge in [-0.05, 0) is 36.7 Å². The Kier molecular flexibility index (Phi) is 3.65. The van der Waals surface area contributed by atoms with Crippen molar-refractivity contribution in [2.45, 2.75) is 39.2 Å². The minimum atomic E-state index is -0.188. The lowest BCUT2D eigenvalue weighted by atomic mass is 9.85. The molecule has 1 N–H and O–H groups in total. The van der Waals surface area contributed by atoms with Crippen LogP contribution >= 0.6 is 0 Å². The molecule has 0 bridgehead atoms. The van der Waals surface area contributed by atoms with Gasteiger partial charge in [-0.2, -0.15) is 0 Å². The van der Waals surface area contributed by atoms with Crippen molar-refractivity contribution in [3.63, 3.8) is 0 Å². The Bertz CT molecular complexity index is 324. The number of aliphatic hydroxyl groups is 1. The summed E-state index contributed by atoms with van der Waals surface area (Å²) in [6.45, 7) is 4.45. The zero-order chi connectivity index (χ0) is 11.5. The molecule has 0 spiro atoms. The summed E-state index contributed by atoms with van der Waals surface area (Å²) in [5.74, 6) is 1.75. The van der Waals surface area contributed by atoms with Crippen molar-refractivity contribution in [3.05, 3.63) is 36.0 Å². The molecule has 0 aliphatic heterocycles. The highest BCUT2D eigenvalue weighted by Gasteiger charge is 2.26. The molecule has 4 atom stereocenters. The minimum Gasteiger partial charge on any atom is -0.389 e. The van der Waals surface area contributed by atoms with Gasteiger partial charge in [0.1, 0.15) is 0 Å². The van der Waals surface area contributed by atoms with E-state index in [1.54, 1.807) is 0 Å². The van der Waals surface area contributed by atoms with Gasteiger partial charge < -0.3 is 5.11 Å². The topological polar surface area (TPSA) is 20.2 Å². The molecule has 2 aliphatic carbocycles. The van der Waals surface area contributed by atoms with Crippen LogP contribution < -0.4 is 0 Å². The number of allylic oxidation sites excluding steroid dienone is 5. The van der Waals surface area contributed by atoms with Gasteiger partial charge in [0.05, 0.1) is 6.10 Å². The molecule has 0 aromatic heterocycles. The first kappa shape index (κ1) is 11.7. The van der Waals surface area contributed by atoms with E-state index in [1.165, 1.54) is 12.0 Å². The molecule has 16 heavy (non-hydrogen) atoms. The molecule has 1 heteroatoms. The number of hydrogen-bond donors (Lipinski definition) is 1. The standard InChI is InChI=1S/C15H22O/c1-3-12-6-4-5-7-13(12)10-14-8-11(2)9-15(14)16/h4-7,10-13,15-16H,3,8-9H2,1-2H3/b14-10+/t11?,12-,13?,15?/m1/s1. The zero-order valence-electron chi connectivity index (χ0n) is 10.3. The summed E-state index contributed by atoms with van der Waals surface area (Å²) in [6, 6.07) is 0. The van der Waals surface area contributed by atoms with Crippen LogP contribution in [0.2, 0.25) is 0 Å². The predicted octanol–water partition coefficient (Wildman–Crippen LogP) is 3.47. The maximum absolute atomic E-state index is 9.94. The highest BCUT2D eigenvalue weighted by atomic mass is 16.3. The molecule has 88 valence electrons. The molecule has 1 nitrogen and oxygen atoms in total. The Balaban J connectivity index is 2.10. The summed E-state index contributed by atoms with van der Waals surface area (Å²) in [4.78, 5) is 0. The lowest BCUT2D eigenvalue weighted by molar-refractivity contribution is 0.209.